The molecule has 33 heavy (non-hydrogen) atoms. The first kappa shape index (κ1) is 26.1. The molecule has 0 aromatic heterocycles. The van der Waals surface area contributed by atoms with Gasteiger partial charge in [0.15, 0.2) is 6.10 Å². The van der Waals surface area contributed by atoms with E-state index in [9.17, 15) is 19.2 Å². The fraction of sp³-hybridized carbons (Fsp3) is 0.360. The van der Waals surface area contributed by atoms with Crippen LogP contribution in [0.25, 0.3) is 0 Å². The quantitative estimate of drug-likeness (QED) is 0.387. The third-order valence-electron chi connectivity index (χ3n) is 4.92. The molecule has 0 spiro atoms. The smallest absolute Gasteiger partial charge is 0.329 e. The van der Waals surface area contributed by atoms with Gasteiger partial charge in [-0.05, 0) is 55.7 Å². The highest BCUT2D eigenvalue weighted by atomic mass is 35.5. The van der Waals surface area contributed by atoms with Gasteiger partial charge in [0, 0.05) is 17.7 Å². The second kappa shape index (κ2) is 12.2. The topological polar surface area (TPSA) is 102 Å². The number of amides is 2. The van der Waals surface area contributed by atoms with Crippen LogP contribution in [0.2, 0.25) is 5.02 Å². The van der Waals surface area contributed by atoms with Gasteiger partial charge in [0.25, 0.3) is 5.91 Å². The zero-order valence-electron chi connectivity index (χ0n) is 19.2. The fourth-order valence-electron chi connectivity index (χ4n) is 3.07. The summed E-state index contributed by atoms with van der Waals surface area (Å²) >= 11 is 6.07. The van der Waals surface area contributed by atoms with Crippen molar-refractivity contribution in [3.05, 3.63) is 64.7 Å². The number of nitrogens with one attached hydrogen (secondary N) is 2. The van der Waals surface area contributed by atoms with E-state index in [0.29, 0.717) is 17.7 Å². The number of esters is 1. The molecule has 176 valence electrons. The minimum absolute atomic E-state index is 0.0996. The minimum Gasteiger partial charge on any atom is -0.453 e. The number of hydrogen-bond donors (Lipinski definition) is 2. The number of Topliss-reactive ketones (excluding diaryl/α,β-unsaturated/α-hetero) is 1. The molecule has 0 fully saturated rings. The maximum atomic E-state index is 12.7. The van der Waals surface area contributed by atoms with Gasteiger partial charge in [0.2, 0.25) is 11.7 Å². The van der Waals surface area contributed by atoms with Crippen LogP contribution in [-0.2, 0) is 14.3 Å². The maximum Gasteiger partial charge on any atom is 0.329 e. The number of ether oxygens (including phenoxy) is 1. The van der Waals surface area contributed by atoms with Crippen molar-refractivity contribution in [3.8, 4) is 0 Å². The molecule has 2 amide bonds. The van der Waals surface area contributed by atoms with Gasteiger partial charge >= 0.3 is 5.97 Å². The van der Waals surface area contributed by atoms with E-state index in [0.717, 1.165) is 6.42 Å². The van der Waals surface area contributed by atoms with E-state index in [1.54, 1.807) is 62.4 Å². The van der Waals surface area contributed by atoms with Gasteiger partial charge in [0.05, 0.1) is 10.6 Å². The Kier molecular flexibility index (Phi) is 9.60. The lowest BCUT2D eigenvalue weighted by atomic mass is 10.0. The van der Waals surface area contributed by atoms with E-state index in [-0.39, 0.29) is 22.4 Å². The summed E-state index contributed by atoms with van der Waals surface area (Å²) in [5, 5.41) is 5.66. The van der Waals surface area contributed by atoms with Crippen molar-refractivity contribution in [3.63, 3.8) is 0 Å². The first-order valence-electron chi connectivity index (χ1n) is 10.8. The lowest BCUT2D eigenvalue weighted by Crippen LogP contribution is -2.46. The Morgan fingerprint density at radius 2 is 1.61 bits per heavy atom. The predicted molar refractivity (Wildman–Crippen MR) is 127 cm³/mol. The molecular weight excluding hydrogens is 444 g/mol. The molecule has 0 bridgehead atoms. The van der Waals surface area contributed by atoms with Crippen LogP contribution in [0.5, 0.6) is 0 Å². The largest absolute Gasteiger partial charge is 0.453 e. The van der Waals surface area contributed by atoms with Crippen LogP contribution in [0, 0.1) is 5.92 Å². The highest BCUT2D eigenvalue weighted by Gasteiger charge is 2.30. The number of carbonyl (C=O) groups excluding carboxylic acids is 4. The average Bonchev–Trinajstić information content (AvgIpc) is 2.77. The average molecular weight is 473 g/mol. The highest BCUT2D eigenvalue weighted by molar-refractivity contribution is 6.33. The van der Waals surface area contributed by atoms with Crippen molar-refractivity contribution in [2.24, 2.45) is 5.92 Å². The molecule has 0 saturated heterocycles. The SMILES string of the molecule is CCCC(=O)Nc1ccc(C(=O)C(C)OC(=O)[C@@H](NC(=O)c2ccccc2Cl)C(C)C)cc1. The standard InChI is InChI=1S/C25H29ClN2O5/c1-5-8-21(29)27-18-13-11-17(12-14-18)23(30)16(4)33-25(32)22(15(2)3)28-24(31)19-9-6-7-10-20(19)26/h6-7,9-16,22H,5,8H2,1-4H3,(H,27,29)(H,28,31)/t16?,22-/m0/s1. The molecule has 0 aliphatic carbocycles. The van der Waals surface area contributed by atoms with E-state index >= 15 is 0 Å². The molecule has 2 aromatic rings. The molecule has 0 radical (unpaired) electrons. The van der Waals surface area contributed by atoms with Gasteiger partial charge in [-0.2, -0.15) is 0 Å². The number of rotatable bonds is 10. The molecule has 2 N–H and O–H groups in total. The summed E-state index contributed by atoms with van der Waals surface area (Å²) in [5.41, 5.74) is 1.16. The Labute approximate surface area is 198 Å². The molecule has 2 rings (SSSR count). The second-order valence-corrected chi connectivity index (χ2v) is 8.40. The molecular formula is C25H29ClN2O5. The lowest BCUT2D eigenvalue weighted by molar-refractivity contribution is -0.149. The first-order chi connectivity index (χ1) is 15.6. The highest BCUT2D eigenvalue weighted by Crippen LogP contribution is 2.17. The summed E-state index contributed by atoms with van der Waals surface area (Å²) in [6, 6.07) is 11.9. The van der Waals surface area contributed by atoms with Crippen LogP contribution in [0.1, 0.15) is 61.3 Å². The van der Waals surface area contributed by atoms with Crippen molar-refractivity contribution in [1.82, 2.24) is 5.32 Å². The van der Waals surface area contributed by atoms with E-state index in [1.165, 1.54) is 6.92 Å². The normalized spacial score (nSPS) is 12.5. The fourth-order valence-corrected chi connectivity index (χ4v) is 3.29. The van der Waals surface area contributed by atoms with Gasteiger partial charge < -0.3 is 15.4 Å². The zero-order valence-corrected chi connectivity index (χ0v) is 19.9. The molecule has 2 aromatic carbocycles. The molecule has 0 aliphatic rings. The minimum atomic E-state index is -1.06. The number of carbonyl (C=O) groups is 4. The van der Waals surface area contributed by atoms with Gasteiger partial charge in [-0.25, -0.2) is 4.79 Å². The second-order valence-electron chi connectivity index (χ2n) is 7.99. The third-order valence-corrected chi connectivity index (χ3v) is 5.25. The summed E-state index contributed by atoms with van der Waals surface area (Å²) in [7, 11) is 0. The third kappa shape index (κ3) is 7.43. The monoisotopic (exact) mass is 472 g/mol. The van der Waals surface area contributed by atoms with Crippen LogP contribution in [-0.4, -0.2) is 35.7 Å². The number of benzene rings is 2. The van der Waals surface area contributed by atoms with E-state index in [2.05, 4.69) is 10.6 Å². The van der Waals surface area contributed by atoms with Crippen LogP contribution in [0.4, 0.5) is 5.69 Å². The van der Waals surface area contributed by atoms with E-state index in [4.69, 9.17) is 16.3 Å². The molecule has 7 nitrogen and oxygen atoms in total. The van der Waals surface area contributed by atoms with Crippen LogP contribution in [0.15, 0.2) is 48.5 Å². The van der Waals surface area contributed by atoms with Crippen molar-refractivity contribution >= 4 is 40.9 Å². The first-order valence-corrected chi connectivity index (χ1v) is 11.2. The number of anilines is 1. The Morgan fingerprint density at radius 3 is 2.18 bits per heavy atom. The molecule has 8 heteroatoms. The summed E-state index contributed by atoms with van der Waals surface area (Å²) in [6.07, 6.45) is 0.0932. The molecule has 0 heterocycles. The lowest BCUT2D eigenvalue weighted by Gasteiger charge is -2.23. The molecule has 0 saturated carbocycles. The van der Waals surface area contributed by atoms with Crippen molar-refractivity contribution < 1.29 is 23.9 Å². The number of ketones is 1. The van der Waals surface area contributed by atoms with Gasteiger partial charge in [-0.1, -0.05) is 44.5 Å². The number of hydrogen-bond acceptors (Lipinski definition) is 5. The van der Waals surface area contributed by atoms with Gasteiger partial charge in [-0.3, -0.25) is 14.4 Å². The summed E-state index contributed by atoms with van der Waals surface area (Å²) in [4.78, 5) is 49.7. The van der Waals surface area contributed by atoms with Crippen LogP contribution >= 0.6 is 11.6 Å². The van der Waals surface area contributed by atoms with Gasteiger partial charge in [0.1, 0.15) is 6.04 Å². The van der Waals surface area contributed by atoms with Crippen molar-refractivity contribution in [1.29, 1.82) is 0 Å². The summed E-state index contributed by atoms with van der Waals surface area (Å²) < 4.78 is 5.38. The Morgan fingerprint density at radius 1 is 0.970 bits per heavy atom. The summed E-state index contributed by atoms with van der Waals surface area (Å²) in [6.45, 7) is 6.91. The van der Waals surface area contributed by atoms with Gasteiger partial charge in [-0.15, -0.1) is 0 Å². The van der Waals surface area contributed by atoms with Crippen LogP contribution < -0.4 is 10.6 Å². The molecule has 2 atom stereocenters. The predicted octanol–water partition coefficient (Wildman–Crippen LogP) is 4.65. The van der Waals surface area contributed by atoms with E-state index < -0.39 is 29.8 Å². The number of halogens is 1. The van der Waals surface area contributed by atoms with Crippen molar-refractivity contribution in [2.75, 3.05) is 5.32 Å². The summed E-state index contributed by atoms with van der Waals surface area (Å²) in [5.74, 6) is -1.99. The van der Waals surface area contributed by atoms with E-state index in [1.807, 2.05) is 6.92 Å². The van der Waals surface area contributed by atoms with Crippen molar-refractivity contribution in [2.45, 2.75) is 52.7 Å². The Hall–Kier alpha value is -3.19. The van der Waals surface area contributed by atoms with Crippen LogP contribution in [0.3, 0.4) is 0 Å². The Balaban J connectivity index is 2.02. The Bertz CT molecular complexity index is 1000. The maximum absolute atomic E-state index is 12.7. The molecule has 1 unspecified atom stereocenters. The molecule has 0 aliphatic heterocycles. The zero-order chi connectivity index (χ0) is 24.5.